The first-order chi connectivity index (χ1) is 15.3. The van der Waals surface area contributed by atoms with Crippen molar-refractivity contribution in [2.75, 3.05) is 19.6 Å². The van der Waals surface area contributed by atoms with Gasteiger partial charge in [0, 0.05) is 32.2 Å². The average Bonchev–Trinajstić information content (AvgIpc) is 3.34. The van der Waals surface area contributed by atoms with Gasteiger partial charge in [0.15, 0.2) is 0 Å². The van der Waals surface area contributed by atoms with E-state index in [-0.39, 0.29) is 12.1 Å². The lowest BCUT2D eigenvalue weighted by molar-refractivity contribution is 0.172. The van der Waals surface area contributed by atoms with Gasteiger partial charge in [0.05, 0.1) is 6.04 Å². The zero-order valence-electron chi connectivity index (χ0n) is 17.8. The molecule has 1 fully saturated rings. The van der Waals surface area contributed by atoms with Crippen molar-refractivity contribution in [1.29, 1.82) is 0 Å². The first-order valence-corrected chi connectivity index (χ1v) is 11.2. The van der Waals surface area contributed by atoms with E-state index in [9.17, 15) is 4.79 Å². The van der Waals surface area contributed by atoms with E-state index in [1.807, 2.05) is 41.3 Å². The Balaban J connectivity index is 1.26. The fourth-order valence-electron chi connectivity index (χ4n) is 4.92. The molecule has 2 amide bonds. The van der Waals surface area contributed by atoms with Gasteiger partial charge in [0.2, 0.25) is 0 Å². The lowest BCUT2D eigenvalue weighted by Gasteiger charge is -2.33. The number of nitrogens with zero attached hydrogens (tertiary/aromatic N) is 2. The van der Waals surface area contributed by atoms with Crippen LogP contribution >= 0.6 is 0 Å². The number of hydrogen-bond donors (Lipinski definition) is 1. The molecule has 0 saturated carbocycles. The van der Waals surface area contributed by atoms with Crippen molar-refractivity contribution in [3.8, 4) is 0 Å². The van der Waals surface area contributed by atoms with Gasteiger partial charge in [-0.05, 0) is 35.1 Å². The number of carbonyl (C=O) groups excluding carboxylic acids is 1. The first-order valence-electron chi connectivity index (χ1n) is 11.2. The molecule has 4 nitrogen and oxygen atoms in total. The first kappa shape index (κ1) is 19.8. The standard InChI is InChI=1S/C27H29N3O/c31-27(28-26(22-10-3-1-4-11-22)23-12-5-2-6-13-23)30-18-16-25(20-30)29-17-15-21-9-7-8-14-24(21)19-29/h1-14,25-26H,15-20H2,(H,28,31). The molecule has 4 heteroatoms. The minimum atomic E-state index is -0.143. The number of likely N-dealkylation sites (tertiary alicyclic amines) is 1. The summed E-state index contributed by atoms with van der Waals surface area (Å²) in [7, 11) is 0. The molecule has 2 aliphatic rings. The molecule has 3 aromatic carbocycles. The fraction of sp³-hybridized carbons (Fsp3) is 0.296. The summed E-state index contributed by atoms with van der Waals surface area (Å²) >= 11 is 0. The lowest BCUT2D eigenvalue weighted by atomic mass is 9.98. The highest BCUT2D eigenvalue weighted by atomic mass is 16.2. The van der Waals surface area contributed by atoms with Crippen LogP contribution in [-0.2, 0) is 13.0 Å². The second-order valence-electron chi connectivity index (χ2n) is 8.58. The summed E-state index contributed by atoms with van der Waals surface area (Å²) in [5.74, 6) is 0. The van der Waals surface area contributed by atoms with Crippen LogP contribution in [0.15, 0.2) is 84.9 Å². The van der Waals surface area contributed by atoms with Gasteiger partial charge in [-0.25, -0.2) is 4.79 Å². The van der Waals surface area contributed by atoms with Crippen LogP contribution in [0.25, 0.3) is 0 Å². The number of benzene rings is 3. The molecule has 158 valence electrons. The minimum absolute atomic E-state index is 0.0256. The highest BCUT2D eigenvalue weighted by Crippen LogP contribution is 2.26. The highest BCUT2D eigenvalue weighted by molar-refractivity contribution is 5.75. The molecule has 0 radical (unpaired) electrons. The predicted octanol–water partition coefficient (Wildman–Crippen LogP) is 4.62. The zero-order valence-corrected chi connectivity index (χ0v) is 17.8. The van der Waals surface area contributed by atoms with E-state index in [0.29, 0.717) is 6.04 Å². The van der Waals surface area contributed by atoms with E-state index in [1.165, 1.54) is 11.1 Å². The SMILES string of the molecule is O=C(NC(c1ccccc1)c1ccccc1)N1CCC(N2CCc3ccccc3C2)C1. The number of nitrogens with one attached hydrogen (secondary N) is 1. The molecule has 1 atom stereocenters. The van der Waals surface area contributed by atoms with E-state index in [1.54, 1.807) is 0 Å². The van der Waals surface area contributed by atoms with Crippen molar-refractivity contribution < 1.29 is 4.79 Å². The molecule has 1 N–H and O–H groups in total. The van der Waals surface area contributed by atoms with Crippen LogP contribution in [0.5, 0.6) is 0 Å². The van der Waals surface area contributed by atoms with E-state index in [0.717, 1.165) is 50.1 Å². The Bertz CT molecular complexity index is 981. The summed E-state index contributed by atoms with van der Waals surface area (Å²) in [4.78, 5) is 17.8. The maximum absolute atomic E-state index is 13.2. The van der Waals surface area contributed by atoms with Crippen LogP contribution in [0.2, 0.25) is 0 Å². The summed E-state index contributed by atoms with van der Waals surface area (Å²) in [6, 6.07) is 29.5. The molecule has 3 aromatic rings. The van der Waals surface area contributed by atoms with Gasteiger partial charge in [0.1, 0.15) is 0 Å². The third-order valence-corrected chi connectivity index (χ3v) is 6.66. The van der Waals surface area contributed by atoms with Crippen molar-refractivity contribution in [3.05, 3.63) is 107 Å². The second kappa shape index (κ2) is 8.94. The van der Waals surface area contributed by atoms with Gasteiger partial charge in [-0.2, -0.15) is 0 Å². The summed E-state index contributed by atoms with van der Waals surface area (Å²) in [6.07, 6.45) is 2.14. The molecule has 2 aliphatic heterocycles. The van der Waals surface area contributed by atoms with Crippen molar-refractivity contribution >= 4 is 6.03 Å². The van der Waals surface area contributed by atoms with E-state index >= 15 is 0 Å². The van der Waals surface area contributed by atoms with E-state index in [2.05, 4.69) is 58.7 Å². The Labute approximate surface area is 184 Å². The smallest absolute Gasteiger partial charge is 0.318 e. The van der Waals surface area contributed by atoms with Crippen molar-refractivity contribution in [3.63, 3.8) is 0 Å². The maximum Gasteiger partial charge on any atom is 0.318 e. The number of carbonyl (C=O) groups is 1. The van der Waals surface area contributed by atoms with Gasteiger partial charge in [0.25, 0.3) is 0 Å². The Morgan fingerprint density at radius 2 is 1.42 bits per heavy atom. The Hall–Kier alpha value is -3.11. The van der Waals surface area contributed by atoms with E-state index < -0.39 is 0 Å². The van der Waals surface area contributed by atoms with Crippen LogP contribution in [-0.4, -0.2) is 41.5 Å². The fourth-order valence-corrected chi connectivity index (χ4v) is 4.92. The molecule has 0 bridgehead atoms. The number of hydrogen-bond acceptors (Lipinski definition) is 2. The molecule has 0 spiro atoms. The van der Waals surface area contributed by atoms with Crippen molar-refractivity contribution in [2.45, 2.75) is 31.5 Å². The Kier molecular flexibility index (Phi) is 5.72. The third-order valence-electron chi connectivity index (χ3n) is 6.66. The van der Waals surface area contributed by atoms with Crippen LogP contribution in [0.4, 0.5) is 4.79 Å². The molecule has 0 aliphatic carbocycles. The normalized spacial score (nSPS) is 18.7. The molecule has 1 saturated heterocycles. The summed E-state index contributed by atoms with van der Waals surface area (Å²) < 4.78 is 0. The largest absolute Gasteiger partial charge is 0.327 e. The molecular weight excluding hydrogens is 382 g/mol. The van der Waals surface area contributed by atoms with Crippen LogP contribution in [0.3, 0.4) is 0 Å². The molecule has 1 unspecified atom stereocenters. The molecule has 5 rings (SSSR count). The minimum Gasteiger partial charge on any atom is -0.327 e. The van der Waals surface area contributed by atoms with Crippen LogP contribution in [0, 0.1) is 0 Å². The predicted molar refractivity (Wildman–Crippen MR) is 124 cm³/mol. The Morgan fingerprint density at radius 1 is 0.806 bits per heavy atom. The number of rotatable bonds is 4. The van der Waals surface area contributed by atoms with Crippen molar-refractivity contribution in [1.82, 2.24) is 15.1 Å². The monoisotopic (exact) mass is 411 g/mol. The highest BCUT2D eigenvalue weighted by Gasteiger charge is 2.33. The number of fused-ring (bicyclic) bond motifs is 1. The average molecular weight is 412 g/mol. The summed E-state index contributed by atoms with van der Waals surface area (Å²) in [5, 5.41) is 3.30. The van der Waals surface area contributed by atoms with E-state index in [4.69, 9.17) is 0 Å². The summed E-state index contributed by atoms with van der Waals surface area (Å²) in [5.41, 5.74) is 5.11. The van der Waals surface area contributed by atoms with Gasteiger partial charge in [-0.1, -0.05) is 84.9 Å². The Morgan fingerprint density at radius 3 is 2.10 bits per heavy atom. The van der Waals surface area contributed by atoms with Gasteiger partial charge in [-0.15, -0.1) is 0 Å². The molecule has 2 heterocycles. The molecule has 31 heavy (non-hydrogen) atoms. The molecule has 0 aromatic heterocycles. The lowest BCUT2D eigenvalue weighted by Crippen LogP contribution is -2.44. The van der Waals surface area contributed by atoms with Gasteiger partial charge >= 0.3 is 6.03 Å². The maximum atomic E-state index is 13.2. The third kappa shape index (κ3) is 4.35. The topological polar surface area (TPSA) is 35.6 Å². The van der Waals surface area contributed by atoms with Crippen LogP contribution in [0.1, 0.15) is 34.7 Å². The summed E-state index contributed by atoms with van der Waals surface area (Å²) in [6.45, 7) is 3.68. The van der Waals surface area contributed by atoms with Crippen LogP contribution < -0.4 is 5.32 Å². The molecular formula is C27H29N3O. The van der Waals surface area contributed by atoms with Gasteiger partial charge < -0.3 is 10.2 Å². The number of urea groups is 1. The number of amides is 2. The zero-order chi connectivity index (χ0) is 21.0. The second-order valence-corrected chi connectivity index (χ2v) is 8.58. The van der Waals surface area contributed by atoms with Gasteiger partial charge in [-0.3, -0.25) is 4.90 Å². The quantitative estimate of drug-likeness (QED) is 0.680. The van der Waals surface area contributed by atoms with Crippen molar-refractivity contribution in [2.24, 2.45) is 0 Å².